The minimum Gasteiger partial charge on any atom is -0.495 e. The van der Waals surface area contributed by atoms with Gasteiger partial charge in [0.25, 0.3) is 5.91 Å². The van der Waals surface area contributed by atoms with Crippen LogP contribution in [0.2, 0.25) is 0 Å². The third kappa shape index (κ3) is 4.80. The van der Waals surface area contributed by atoms with Gasteiger partial charge in [-0.25, -0.2) is 0 Å². The van der Waals surface area contributed by atoms with Crippen LogP contribution in [0.1, 0.15) is 10.4 Å². The first-order chi connectivity index (χ1) is 13.1. The predicted octanol–water partition coefficient (Wildman–Crippen LogP) is 2.54. The number of hydrogen-bond acceptors (Lipinski definition) is 4. The third-order valence-corrected chi connectivity index (χ3v) is 5.04. The fourth-order valence-corrected chi connectivity index (χ4v) is 3.49. The van der Waals surface area contributed by atoms with E-state index in [0.717, 1.165) is 29.0 Å². The lowest BCUT2D eigenvalue weighted by Crippen LogP contribution is -2.51. The van der Waals surface area contributed by atoms with Crippen molar-refractivity contribution < 1.29 is 14.3 Å². The molecule has 2 amide bonds. The van der Waals surface area contributed by atoms with Gasteiger partial charge in [0.2, 0.25) is 5.91 Å². The van der Waals surface area contributed by atoms with E-state index < -0.39 is 0 Å². The van der Waals surface area contributed by atoms with Crippen molar-refractivity contribution in [3.05, 3.63) is 58.6 Å². The average molecular weight is 432 g/mol. The summed E-state index contributed by atoms with van der Waals surface area (Å²) in [7, 11) is 1.66. The second-order valence-electron chi connectivity index (χ2n) is 6.23. The molecule has 2 aromatic rings. The normalized spacial score (nSPS) is 14.0. The molecular weight excluding hydrogens is 410 g/mol. The number of para-hydroxylation sites is 2. The number of ether oxygens (including phenoxy) is 1. The minimum atomic E-state index is -0.252. The average Bonchev–Trinajstić information content (AvgIpc) is 2.71. The van der Waals surface area contributed by atoms with Crippen LogP contribution in [0.3, 0.4) is 0 Å². The molecule has 1 saturated heterocycles. The number of piperazine rings is 1. The summed E-state index contributed by atoms with van der Waals surface area (Å²) in [5, 5.41) is 2.70. The maximum Gasteiger partial charge on any atom is 0.251 e. The molecule has 0 aliphatic carbocycles. The Morgan fingerprint density at radius 1 is 1.07 bits per heavy atom. The number of benzene rings is 2. The third-order valence-electron chi connectivity index (χ3n) is 4.55. The molecular formula is C20H22BrN3O3. The first-order valence-electron chi connectivity index (χ1n) is 8.78. The van der Waals surface area contributed by atoms with Crippen LogP contribution in [0.25, 0.3) is 0 Å². The van der Waals surface area contributed by atoms with E-state index in [9.17, 15) is 9.59 Å². The van der Waals surface area contributed by atoms with Crippen molar-refractivity contribution in [2.45, 2.75) is 0 Å². The van der Waals surface area contributed by atoms with Crippen molar-refractivity contribution in [2.75, 3.05) is 44.7 Å². The monoisotopic (exact) mass is 431 g/mol. The molecule has 1 heterocycles. The van der Waals surface area contributed by atoms with E-state index in [4.69, 9.17) is 4.74 Å². The molecule has 0 spiro atoms. The predicted molar refractivity (Wildman–Crippen MR) is 108 cm³/mol. The molecule has 0 atom stereocenters. The first kappa shape index (κ1) is 19.2. The molecule has 0 aromatic heterocycles. The molecule has 0 radical (unpaired) electrons. The topological polar surface area (TPSA) is 61.9 Å². The van der Waals surface area contributed by atoms with Crippen molar-refractivity contribution in [1.82, 2.24) is 10.2 Å². The summed E-state index contributed by atoms with van der Waals surface area (Å²) in [6.45, 7) is 2.69. The van der Waals surface area contributed by atoms with Crippen LogP contribution >= 0.6 is 15.9 Å². The zero-order chi connectivity index (χ0) is 19.2. The number of methoxy groups -OCH3 is 1. The number of rotatable bonds is 5. The lowest BCUT2D eigenvalue weighted by Gasteiger charge is -2.36. The standard InChI is InChI=1S/C20H22BrN3O3/c1-27-18-8-3-2-7-17(18)23-9-11-24(12-10-23)19(25)14-22-20(26)15-5-4-6-16(21)13-15/h2-8,13H,9-12,14H2,1H3,(H,22,26). The van der Waals surface area contributed by atoms with E-state index >= 15 is 0 Å². The second-order valence-corrected chi connectivity index (χ2v) is 7.15. The molecule has 3 rings (SSSR count). The Kier molecular flexibility index (Phi) is 6.34. The van der Waals surface area contributed by atoms with Crippen LogP contribution in [0, 0.1) is 0 Å². The summed E-state index contributed by atoms with van der Waals surface area (Å²) in [5.74, 6) is 0.508. The Balaban J connectivity index is 1.50. The highest BCUT2D eigenvalue weighted by Crippen LogP contribution is 2.28. The van der Waals surface area contributed by atoms with E-state index in [1.54, 1.807) is 30.2 Å². The molecule has 0 unspecified atom stereocenters. The highest BCUT2D eigenvalue weighted by molar-refractivity contribution is 9.10. The largest absolute Gasteiger partial charge is 0.495 e. The Hall–Kier alpha value is -2.54. The fraction of sp³-hybridized carbons (Fsp3) is 0.300. The van der Waals surface area contributed by atoms with E-state index in [0.29, 0.717) is 18.7 Å². The van der Waals surface area contributed by atoms with Gasteiger partial charge in [0.15, 0.2) is 0 Å². The number of anilines is 1. The van der Waals surface area contributed by atoms with Crippen LogP contribution in [-0.2, 0) is 4.79 Å². The molecule has 27 heavy (non-hydrogen) atoms. The molecule has 0 bridgehead atoms. The van der Waals surface area contributed by atoms with E-state index in [1.807, 2.05) is 30.3 Å². The highest BCUT2D eigenvalue weighted by atomic mass is 79.9. The molecule has 1 N–H and O–H groups in total. The van der Waals surface area contributed by atoms with Gasteiger partial charge in [-0.3, -0.25) is 9.59 Å². The number of halogens is 1. The lowest BCUT2D eigenvalue weighted by molar-refractivity contribution is -0.130. The Labute approximate surface area is 167 Å². The Morgan fingerprint density at radius 3 is 2.52 bits per heavy atom. The van der Waals surface area contributed by atoms with Crippen LogP contribution < -0.4 is 15.0 Å². The van der Waals surface area contributed by atoms with Crippen molar-refractivity contribution in [3.8, 4) is 5.75 Å². The first-order valence-corrected chi connectivity index (χ1v) is 9.57. The number of nitrogens with one attached hydrogen (secondary N) is 1. The molecule has 1 aliphatic heterocycles. The number of hydrogen-bond donors (Lipinski definition) is 1. The number of nitrogens with zero attached hydrogens (tertiary/aromatic N) is 2. The summed E-state index contributed by atoms with van der Waals surface area (Å²) >= 11 is 3.34. The molecule has 7 heteroatoms. The van der Waals surface area contributed by atoms with Crippen molar-refractivity contribution >= 4 is 33.4 Å². The van der Waals surface area contributed by atoms with Gasteiger partial charge in [-0.2, -0.15) is 0 Å². The van der Waals surface area contributed by atoms with Gasteiger partial charge in [-0.05, 0) is 30.3 Å². The zero-order valence-corrected chi connectivity index (χ0v) is 16.7. The Bertz CT molecular complexity index is 820. The SMILES string of the molecule is COc1ccccc1N1CCN(C(=O)CNC(=O)c2cccc(Br)c2)CC1. The smallest absolute Gasteiger partial charge is 0.251 e. The highest BCUT2D eigenvalue weighted by Gasteiger charge is 2.23. The van der Waals surface area contributed by atoms with Crippen LogP contribution in [0.15, 0.2) is 53.0 Å². The van der Waals surface area contributed by atoms with Crippen molar-refractivity contribution in [2.24, 2.45) is 0 Å². The van der Waals surface area contributed by atoms with E-state index in [-0.39, 0.29) is 18.4 Å². The van der Waals surface area contributed by atoms with Gasteiger partial charge < -0.3 is 19.9 Å². The maximum absolute atomic E-state index is 12.4. The van der Waals surface area contributed by atoms with Crippen molar-refractivity contribution in [1.29, 1.82) is 0 Å². The summed E-state index contributed by atoms with van der Waals surface area (Å²) in [4.78, 5) is 28.6. The van der Waals surface area contributed by atoms with Crippen LogP contribution in [0.5, 0.6) is 5.75 Å². The molecule has 142 valence electrons. The second kappa shape index (κ2) is 8.90. The quantitative estimate of drug-likeness (QED) is 0.789. The van der Waals surface area contributed by atoms with Crippen LogP contribution in [-0.4, -0.2) is 56.5 Å². The summed E-state index contributed by atoms with van der Waals surface area (Å²) in [6.07, 6.45) is 0. The summed E-state index contributed by atoms with van der Waals surface area (Å²) in [6, 6.07) is 15.0. The Morgan fingerprint density at radius 2 is 1.81 bits per heavy atom. The molecule has 0 saturated carbocycles. The molecule has 2 aromatic carbocycles. The van der Waals surface area contributed by atoms with Gasteiger partial charge in [-0.15, -0.1) is 0 Å². The van der Waals surface area contributed by atoms with Gasteiger partial charge >= 0.3 is 0 Å². The molecule has 1 aliphatic rings. The van der Waals surface area contributed by atoms with Gasteiger partial charge in [-0.1, -0.05) is 34.1 Å². The summed E-state index contributed by atoms with van der Waals surface area (Å²) in [5.41, 5.74) is 1.56. The molecule has 1 fully saturated rings. The summed E-state index contributed by atoms with van der Waals surface area (Å²) < 4.78 is 6.24. The number of amides is 2. The minimum absolute atomic E-state index is 0.00000472. The molecule has 6 nitrogen and oxygen atoms in total. The lowest BCUT2D eigenvalue weighted by atomic mass is 10.2. The van der Waals surface area contributed by atoms with Crippen LogP contribution in [0.4, 0.5) is 5.69 Å². The van der Waals surface area contributed by atoms with Gasteiger partial charge in [0.05, 0.1) is 19.3 Å². The number of carbonyl (C=O) groups excluding carboxylic acids is 2. The van der Waals surface area contributed by atoms with Crippen molar-refractivity contribution in [3.63, 3.8) is 0 Å². The maximum atomic E-state index is 12.4. The van der Waals surface area contributed by atoms with E-state index in [2.05, 4.69) is 26.1 Å². The number of carbonyl (C=O) groups is 2. The van der Waals surface area contributed by atoms with Gasteiger partial charge in [0, 0.05) is 36.2 Å². The van der Waals surface area contributed by atoms with E-state index in [1.165, 1.54) is 0 Å². The fourth-order valence-electron chi connectivity index (χ4n) is 3.09. The zero-order valence-electron chi connectivity index (χ0n) is 15.2. The van der Waals surface area contributed by atoms with Gasteiger partial charge in [0.1, 0.15) is 5.75 Å².